The molecule has 5 heteroatoms. The molecule has 0 heterocycles. The second-order valence-electron chi connectivity index (χ2n) is 3.32. The van der Waals surface area contributed by atoms with Crippen LogP contribution in [-0.4, -0.2) is 23.5 Å². The molecule has 0 amide bonds. The van der Waals surface area contributed by atoms with Crippen LogP contribution >= 0.6 is 0 Å². The van der Waals surface area contributed by atoms with Crippen LogP contribution in [0.2, 0.25) is 0 Å². The predicted molar refractivity (Wildman–Crippen MR) is 57.0 cm³/mol. The molecule has 17 heavy (non-hydrogen) atoms. The zero-order chi connectivity index (χ0) is 11.7. The molecule has 0 unspecified atom stereocenters. The van der Waals surface area contributed by atoms with Crippen molar-refractivity contribution in [1.82, 2.24) is 0 Å². The van der Waals surface area contributed by atoms with Crippen molar-refractivity contribution in [3.05, 3.63) is 41.0 Å². The van der Waals surface area contributed by atoms with Gasteiger partial charge in [0.25, 0.3) is 0 Å². The van der Waals surface area contributed by atoms with Gasteiger partial charge in [-0.05, 0) is 6.92 Å². The number of benzene rings is 1. The Labute approximate surface area is 121 Å². The molecule has 0 atom stereocenters. The maximum Gasteiger partial charge on any atom is 1.00 e. The van der Waals surface area contributed by atoms with Crippen molar-refractivity contribution in [3.8, 4) is 0 Å². The average molecular weight is 241 g/mol. The van der Waals surface area contributed by atoms with E-state index in [9.17, 15) is 14.7 Å². The molecule has 1 aliphatic rings. The number of hydrogen-bond donors (Lipinski definition) is 1. The first kappa shape index (κ1) is 14.0. The maximum absolute atomic E-state index is 11.8. The SMILES string of the molecule is CCOC(=O)C1=C(O)c2ccccc2C1=O.[Na+]. The third-order valence-electron chi connectivity index (χ3n) is 2.37. The van der Waals surface area contributed by atoms with Gasteiger partial charge >= 0.3 is 35.5 Å². The van der Waals surface area contributed by atoms with E-state index in [1.165, 1.54) is 0 Å². The fourth-order valence-electron chi connectivity index (χ4n) is 1.66. The van der Waals surface area contributed by atoms with Gasteiger partial charge in [0.2, 0.25) is 5.78 Å². The maximum atomic E-state index is 11.8. The molecule has 0 aliphatic heterocycles. The number of carbonyl (C=O) groups is 2. The van der Waals surface area contributed by atoms with Crippen molar-refractivity contribution >= 4 is 17.5 Å². The van der Waals surface area contributed by atoms with Crippen LogP contribution in [0.5, 0.6) is 0 Å². The molecule has 0 spiro atoms. The largest absolute Gasteiger partial charge is 1.00 e. The van der Waals surface area contributed by atoms with Crippen LogP contribution in [0, 0.1) is 0 Å². The zero-order valence-corrected chi connectivity index (χ0v) is 11.7. The third-order valence-corrected chi connectivity index (χ3v) is 2.37. The first-order chi connectivity index (χ1) is 7.66. The second-order valence-corrected chi connectivity index (χ2v) is 3.32. The first-order valence-electron chi connectivity index (χ1n) is 4.91. The predicted octanol–water partition coefficient (Wildman–Crippen LogP) is -1.28. The molecule has 0 saturated carbocycles. The van der Waals surface area contributed by atoms with Crippen LogP contribution in [-0.2, 0) is 9.53 Å². The van der Waals surface area contributed by atoms with Crippen molar-refractivity contribution in [2.75, 3.05) is 6.61 Å². The number of carbonyl (C=O) groups excluding carboxylic acids is 2. The van der Waals surface area contributed by atoms with E-state index in [4.69, 9.17) is 4.74 Å². The molecule has 0 fully saturated rings. The molecular formula is C12H10NaO4+. The van der Waals surface area contributed by atoms with Gasteiger partial charge in [-0.1, -0.05) is 24.3 Å². The summed E-state index contributed by atoms with van der Waals surface area (Å²) in [7, 11) is 0. The zero-order valence-electron chi connectivity index (χ0n) is 9.69. The number of Topliss-reactive ketones (excluding diaryl/α,β-unsaturated/α-hetero) is 1. The summed E-state index contributed by atoms with van der Waals surface area (Å²) in [6.07, 6.45) is 0. The molecule has 0 bridgehead atoms. The quantitative estimate of drug-likeness (QED) is 0.398. The van der Waals surface area contributed by atoms with E-state index in [0.717, 1.165) is 0 Å². The van der Waals surface area contributed by atoms with Gasteiger partial charge < -0.3 is 9.84 Å². The standard InChI is InChI=1S/C12H10O4.Na/c1-2-16-12(15)9-10(13)7-5-3-4-6-8(7)11(9)14;/h3-6,13H,2H2,1H3;/q;+1. The Morgan fingerprint density at radius 1 is 1.29 bits per heavy atom. The van der Waals surface area contributed by atoms with Gasteiger partial charge in [0.1, 0.15) is 11.3 Å². The minimum absolute atomic E-state index is 0. The minimum atomic E-state index is -0.777. The fraction of sp³-hybridized carbons (Fsp3) is 0.167. The summed E-state index contributed by atoms with van der Waals surface area (Å²) < 4.78 is 4.72. The van der Waals surface area contributed by atoms with Crippen molar-refractivity contribution in [2.24, 2.45) is 0 Å². The molecule has 1 aliphatic carbocycles. The summed E-state index contributed by atoms with van der Waals surface area (Å²) in [6, 6.07) is 6.53. The Bertz CT molecular complexity index is 505. The summed E-state index contributed by atoms with van der Waals surface area (Å²) in [4.78, 5) is 23.3. The van der Waals surface area contributed by atoms with Crippen molar-refractivity contribution < 1.29 is 49.0 Å². The Balaban J connectivity index is 0.00000144. The summed E-state index contributed by atoms with van der Waals surface area (Å²) >= 11 is 0. The van der Waals surface area contributed by atoms with Gasteiger partial charge in [-0.3, -0.25) is 4.79 Å². The van der Waals surface area contributed by atoms with Crippen molar-refractivity contribution in [3.63, 3.8) is 0 Å². The molecule has 4 nitrogen and oxygen atoms in total. The molecule has 1 N–H and O–H groups in total. The second kappa shape index (κ2) is 5.49. The molecule has 2 rings (SSSR count). The van der Waals surface area contributed by atoms with E-state index in [0.29, 0.717) is 11.1 Å². The molecule has 0 aromatic heterocycles. The molecule has 0 saturated heterocycles. The van der Waals surface area contributed by atoms with Crippen LogP contribution in [0.25, 0.3) is 5.76 Å². The Morgan fingerprint density at radius 2 is 1.88 bits per heavy atom. The Kier molecular flexibility index (Phi) is 4.51. The van der Waals surface area contributed by atoms with Gasteiger partial charge in [0, 0.05) is 11.1 Å². The van der Waals surface area contributed by atoms with Gasteiger partial charge in [-0.2, -0.15) is 0 Å². The topological polar surface area (TPSA) is 63.6 Å². The van der Waals surface area contributed by atoms with Crippen molar-refractivity contribution in [2.45, 2.75) is 6.92 Å². The Morgan fingerprint density at radius 3 is 2.41 bits per heavy atom. The smallest absolute Gasteiger partial charge is 0.506 e. The monoisotopic (exact) mass is 241 g/mol. The van der Waals surface area contributed by atoms with Crippen LogP contribution < -0.4 is 29.6 Å². The van der Waals surface area contributed by atoms with Crippen LogP contribution in [0.3, 0.4) is 0 Å². The summed E-state index contributed by atoms with van der Waals surface area (Å²) in [5.41, 5.74) is 0.446. The third kappa shape index (κ3) is 2.29. The fourth-order valence-corrected chi connectivity index (χ4v) is 1.66. The summed E-state index contributed by atoms with van der Waals surface area (Å²) in [5.74, 6) is -1.55. The van der Waals surface area contributed by atoms with Crippen molar-refractivity contribution in [1.29, 1.82) is 0 Å². The molecular weight excluding hydrogens is 231 g/mol. The number of esters is 1. The van der Waals surface area contributed by atoms with Gasteiger partial charge in [0.15, 0.2) is 0 Å². The van der Waals surface area contributed by atoms with Gasteiger partial charge in [0.05, 0.1) is 6.61 Å². The number of fused-ring (bicyclic) bond motifs is 1. The summed E-state index contributed by atoms with van der Waals surface area (Å²) in [6.45, 7) is 1.81. The van der Waals surface area contributed by atoms with Gasteiger partial charge in [-0.15, -0.1) is 0 Å². The van der Waals surface area contributed by atoms with Crippen LogP contribution in [0.4, 0.5) is 0 Å². The molecule has 1 aromatic rings. The minimum Gasteiger partial charge on any atom is -0.506 e. The van der Waals surface area contributed by atoms with E-state index < -0.39 is 11.8 Å². The molecule has 0 radical (unpaired) electrons. The van der Waals surface area contributed by atoms with Crippen LogP contribution in [0.15, 0.2) is 29.8 Å². The number of ether oxygens (including phenoxy) is 1. The summed E-state index contributed by atoms with van der Waals surface area (Å²) in [5, 5.41) is 9.77. The molecule has 1 aromatic carbocycles. The number of rotatable bonds is 2. The first-order valence-corrected chi connectivity index (χ1v) is 4.91. The van der Waals surface area contributed by atoms with E-state index in [2.05, 4.69) is 0 Å². The molecule has 82 valence electrons. The van der Waals surface area contributed by atoms with Gasteiger partial charge in [-0.25, -0.2) is 4.79 Å². The van der Waals surface area contributed by atoms with E-state index in [1.54, 1.807) is 31.2 Å². The average Bonchev–Trinajstić information content (AvgIpc) is 2.53. The van der Waals surface area contributed by atoms with E-state index >= 15 is 0 Å². The number of aliphatic hydroxyl groups excluding tert-OH is 1. The number of hydrogen-bond acceptors (Lipinski definition) is 4. The number of aliphatic hydroxyl groups is 1. The number of ketones is 1. The Hall–Kier alpha value is -1.10. The normalized spacial score (nSPS) is 13.1. The van der Waals surface area contributed by atoms with E-state index in [-0.39, 0.29) is 47.5 Å². The van der Waals surface area contributed by atoms with E-state index in [1.807, 2.05) is 0 Å². The van der Waals surface area contributed by atoms with Crippen LogP contribution in [0.1, 0.15) is 22.8 Å².